The second kappa shape index (κ2) is 8.96. The van der Waals surface area contributed by atoms with Crippen molar-refractivity contribution in [3.05, 3.63) is 48.4 Å². The average molecular weight is 494 g/mol. The number of pyridine rings is 1. The van der Waals surface area contributed by atoms with Gasteiger partial charge in [-0.1, -0.05) is 13.8 Å². The Morgan fingerprint density at radius 2 is 1.64 bits per heavy atom. The molecule has 2 aromatic carbocycles. The van der Waals surface area contributed by atoms with Crippen LogP contribution in [0.2, 0.25) is 0 Å². The first-order chi connectivity index (χ1) is 17.2. The number of benzene rings is 2. The van der Waals surface area contributed by atoms with E-state index in [1.807, 2.05) is 13.8 Å². The second-order valence-electron chi connectivity index (χ2n) is 9.83. The Kier molecular flexibility index (Phi) is 5.94. The monoisotopic (exact) mass is 493 g/mol. The maximum Gasteiger partial charge on any atom is 0.228 e. The molecule has 0 radical (unpaired) electrons. The first-order valence-corrected chi connectivity index (χ1v) is 11.8. The Hall–Kier alpha value is -3.88. The van der Waals surface area contributed by atoms with Crippen LogP contribution in [-0.2, 0) is 9.59 Å². The lowest BCUT2D eigenvalue weighted by molar-refractivity contribution is -0.125. The normalized spacial score (nSPS) is 19.9. The van der Waals surface area contributed by atoms with E-state index in [0.717, 1.165) is 12.8 Å². The highest BCUT2D eigenvalue weighted by atomic mass is 19.1. The number of nitrogens with zero attached hydrogens (tertiary/aromatic N) is 1. The molecule has 8 nitrogen and oxygen atoms in total. The smallest absolute Gasteiger partial charge is 0.228 e. The fraction of sp³-hybridized carbons (Fsp3) is 0.370. The molecule has 3 aromatic rings. The standard InChI is InChI=1S/C27H28FN3O5/c1-27(2)23(25(32)30-14-5-6-14)24(27)26(33)31-15-7-8-20(17(28)11-15)36-19-9-10-29-18-13-22(35-4)21(34-3)12-16(18)19/h7-14,23-24H,5-6H2,1-4H3,(H,30,32)(H,31,33)/t23-,24+/m1/s1. The molecule has 2 saturated carbocycles. The number of hydrogen-bond acceptors (Lipinski definition) is 6. The molecule has 2 atom stereocenters. The zero-order valence-electron chi connectivity index (χ0n) is 20.6. The van der Waals surface area contributed by atoms with Crippen LogP contribution in [0.3, 0.4) is 0 Å². The molecule has 2 N–H and O–H groups in total. The highest BCUT2D eigenvalue weighted by Crippen LogP contribution is 2.58. The summed E-state index contributed by atoms with van der Waals surface area (Å²) in [7, 11) is 3.06. The molecule has 2 aliphatic rings. The zero-order chi connectivity index (χ0) is 25.6. The Morgan fingerprint density at radius 1 is 0.944 bits per heavy atom. The van der Waals surface area contributed by atoms with Crippen LogP contribution in [0.15, 0.2) is 42.6 Å². The second-order valence-corrected chi connectivity index (χ2v) is 9.83. The molecular formula is C27H28FN3O5. The number of amides is 2. The van der Waals surface area contributed by atoms with Crippen molar-refractivity contribution in [1.82, 2.24) is 10.3 Å². The van der Waals surface area contributed by atoms with Crippen LogP contribution in [0.25, 0.3) is 10.9 Å². The van der Waals surface area contributed by atoms with E-state index in [2.05, 4.69) is 15.6 Å². The summed E-state index contributed by atoms with van der Waals surface area (Å²) in [6.07, 6.45) is 3.53. The summed E-state index contributed by atoms with van der Waals surface area (Å²) in [6, 6.07) is 9.52. The fourth-order valence-electron chi connectivity index (χ4n) is 4.67. The van der Waals surface area contributed by atoms with Crippen molar-refractivity contribution in [3.8, 4) is 23.0 Å². The summed E-state index contributed by atoms with van der Waals surface area (Å²) < 4.78 is 31.5. The van der Waals surface area contributed by atoms with Crippen molar-refractivity contribution in [3.63, 3.8) is 0 Å². The van der Waals surface area contributed by atoms with Crippen LogP contribution >= 0.6 is 0 Å². The third kappa shape index (κ3) is 4.41. The number of carbonyl (C=O) groups excluding carboxylic acids is 2. The van der Waals surface area contributed by atoms with Gasteiger partial charge in [-0.2, -0.15) is 0 Å². The number of halogens is 1. The quantitative estimate of drug-likeness (QED) is 0.473. The molecule has 5 rings (SSSR count). The van der Waals surface area contributed by atoms with Gasteiger partial charge in [0.15, 0.2) is 23.1 Å². The van der Waals surface area contributed by atoms with E-state index in [0.29, 0.717) is 33.8 Å². The van der Waals surface area contributed by atoms with E-state index in [1.54, 1.807) is 30.5 Å². The molecule has 36 heavy (non-hydrogen) atoms. The molecule has 2 aliphatic carbocycles. The van der Waals surface area contributed by atoms with Crippen molar-refractivity contribution in [2.24, 2.45) is 17.3 Å². The summed E-state index contributed by atoms with van der Waals surface area (Å²) in [5.74, 6) is -0.491. The number of anilines is 1. The summed E-state index contributed by atoms with van der Waals surface area (Å²) in [4.78, 5) is 29.7. The molecule has 188 valence electrons. The molecular weight excluding hydrogens is 465 g/mol. The molecule has 2 amide bonds. The molecule has 2 fully saturated rings. The van der Waals surface area contributed by atoms with Gasteiger partial charge in [0.25, 0.3) is 0 Å². The van der Waals surface area contributed by atoms with Gasteiger partial charge in [0.1, 0.15) is 5.75 Å². The van der Waals surface area contributed by atoms with Gasteiger partial charge in [-0.05, 0) is 42.5 Å². The van der Waals surface area contributed by atoms with Crippen molar-refractivity contribution in [2.75, 3.05) is 19.5 Å². The lowest BCUT2D eigenvalue weighted by atomic mass is 10.1. The van der Waals surface area contributed by atoms with Gasteiger partial charge < -0.3 is 24.8 Å². The molecule has 0 saturated heterocycles. The third-order valence-electron chi connectivity index (χ3n) is 6.94. The summed E-state index contributed by atoms with van der Waals surface area (Å²) >= 11 is 0. The largest absolute Gasteiger partial charge is 0.493 e. The minimum absolute atomic E-state index is 0.0104. The van der Waals surface area contributed by atoms with Crippen LogP contribution in [0.1, 0.15) is 26.7 Å². The van der Waals surface area contributed by atoms with Crippen LogP contribution in [0.4, 0.5) is 10.1 Å². The number of fused-ring (bicyclic) bond motifs is 1. The van der Waals surface area contributed by atoms with Gasteiger partial charge >= 0.3 is 0 Å². The first-order valence-electron chi connectivity index (χ1n) is 11.8. The van der Waals surface area contributed by atoms with Gasteiger partial charge in [0.05, 0.1) is 31.6 Å². The minimum Gasteiger partial charge on any atom is -0.493 e. The van der Waals surface area contributed by atoms with Crippen molar-refractivity contribution >= 4 is 28.4 Å². The number of aromatic nitrogens is 1. The van der Waals surface area contributed by atoms with Gasteiger partial charge in [-0.15, -0.1) is 0 Å². The average Bonchev–Trinajstić information content (AvgIpc) is 3.76. The van der Waals surface area contributed by atoms with Crippen LogP contribution in [0, 0.1) is 23.1 Å². The van der Waals surface area contributed by atoms with Crippen LogP contribution in [0.5, 0.6) is 23.0 Å². The van der Waals surface area contributed by atoms with E-state index in [4.69, 9.17) is 14.2 Å². The van der Waals surface area contributed by atoms with Crippen LogP contribution < -0.4 is 24.8 Å². The minimum atomic E-state index is -0.642. The maximum absolute atomic E-state index is 15.0. The number of nitrogens with one attached hydrogen (secondary N) is 2. The van der Waals surface area contributed by atoms with Gasteiger partial charge in [-0.25, -0.2) is 4.39 Å². The number of rotatable bonds is 8. The number of hydrogen-bond donors (Lipinski definition) is 2. The number of ether oxygens (including phenoxy) is 3. The lowest BCUT2D eigenvalue weighted by Crippen LogP contribution is -2.29. The predicted molar refractivity (Wildman–Crippen MR) is 132 cm³/mol. The van der Waals surface area contributed by atoms with Crippen LogP contribution in [-0.4, -0.2) is 37.1 Å². The van der Waals surface area contributed by atoms with Gasteiger partial charge in [0.2, 0.25) is 11.8 Å². The van der Waals surface area contributed by atoms with Crippen molar-refractivity contribution in [2.45, 2.75) is 32.7 Å². The molecule has 1 heterocycles. The lowest BCUT2D eigenvalue weighted by Gasteiger charge is -2.13. The number of carbonyl (C=O) groups is 2. The third-order valence-corrected chi connectivity index (χ3v) is 6.94. The predicted octanol–water partition coefficient (Wildman–Crippen LogP) is 4.67. The molecule has 9 heteroatoms. The Morgan fingerprint density at radius 3 is 2.31 bits per heavy atom. The molecule has 0 bridgehead atoms. The van der Waals surface area contributed by atoms with E-state index < -0.39 is 17.2 Å². The maximum atomic E-state index is 15.0. The van der Waals surface area contributed by atoms with E-state index in [9.17, 15) is 14.0 Å². The van der Waals surface area contributed by atoms with Crippen molar-refractivity contribution in [1.29, 1.82) is 0 Å². The molecule has 0 unspecified atom stereocenters. The molecule has 1 aromatic heterocycles. The first kappa shape index (κ1) is 23.8. The highest BCUT2D eigenvalue weighted by molar-refractivity contribution is 6.01. The highest BCUT2D eigenvalue weighted by Gasteiger charge is 2.65. The molecule has 0 spiro atoms. The van der Waals surface area contributed by atoms with E-state index >= 15 is 0 Å². The van der Waals surface area contributed by atoms with E-state index in [1.165, 1.54) is 26.4 Å². The Balaban J connectivity index is 1.31. The van der Waals surface area contributed by atoms with Crippen molar-refractivity contribution < 1.29 is 28.2 Å². The summed E-state index contributed by atoms with van der Waals surface area (Å²) in [6.45, 7) is 3.80. The van der Waals surface area contributed by atoms with E-state index in [-0.39, 0.29) is 29.5 Å². The summed E-state index contributed by atoms with van der Waals surface area (Å²) in [5, 5.41) is 6.34. The van der Waals surface area contributed by atoms with Gasteiger partial charge in [-0.3, -0.25) is 14.6 Å². The molecule has 0 aliphatic heterocycles. The topological polar surface area (TPSA) is 98.8 Å². The Bertz CT molecular complexity index is 1350. The number of methoxy groups -OCH3 is 2. The SMILES string of the molecule is COc1cc2nccc(Oc3ccc(NC(=O)[C@@H]4[C@H](C(=O)NC5CC5)C4(C)C)cc3F)c2cc1OC. The Labute approximate surface area is 208 Å². The fourth-order valence-corrected chi connectivity index (χ4v) is 4.67. The zero-order valence-corrected chi connectivity index (χ0v) is 20.6. The summed E-state index contributed by atoms with van der Waals surface area (Å²) in [5.41, 5.74) is 0.443. The van der Waals surface area contributed by atoms with Gasteiger partial charge in [0, 0.05) is 35.4 Å².